The number of fused-ring (bicyclic) bond motifs is 3. The van der Waals surface area contributed by atoms with Crippen LogP contribution in [0.1, 0.15) is 17.0 Å². The summed E-state index contributed by atoms with van der Waals surface area (Å²) in [5, 5.41) is 18.2. The molecule has 6 heteroatoms. The Morgan fingerprint density at radius 2 is 1.54 bits per heavy atom. The highest BCUT2D eigenvalue weighted by atomic mass is 16.5. The molecule has 1 aliphatic carbocycles. The van der Waals surface area contributed by atoms with Gasteiger partial charge in [-0.3, -0.25) is 0 Å². The summed E-state index contributed by atoms with van der Waals surface area (Å²) in [6.45, 7) is -1.07. The largest absolute Gasteiger partial charge is 0.479 e. The van der Waals surface area contributed by atoms with Gasteiger partial charge >= 0.3 is 11.9 Å². The molecule has 24 heavy (non-hydrogen) atoms. The number of hydrogen-bond donors (Lipinski definition) is 3. The summed E-state index contributed by atoms with van der Waals surface area (Å²) in [6.07, 6.45) is 0. The predicted molar refractivity (Wildman–Crippen MR) is 86.3 cm³/mol. The van der Waals surface area contributed by atoms with E-state index in [2.05, 4.69) is 0 Å². The van der Waals surface area contributed by atoms with Gasteiger partial charge in [0, 0.05) is 5.92 Å². The smallest absolute Gasteiger partial charge is 0.340 e. The number of aliphatic carboxylic acids is 1. The van der Waals surface area contributed by atoms with Crippen LogP contribution < -0.4 is 5.73 Å². The number of carbonyl (C=O) groups is 2. The fourth-order valence-electron chi connectivity index (χ4n) is 2.95. The topological polar surface area (TPSA) is 110 Å². The number of rotatable bonds is 5. The van der Waals surface area contributed by atoms with Gasteiger partial charge in [0.2, 0.25) is 5.54 Å². The van der Waals surface area contributed by atoms with E-state index in [-0.39, 0.29) is 12.5 Å². The second-order valence-corrected chi connectivity index (χ2v) is 5.76. The lowest BCUT2D eigenvalue weighted by molar-refractivity contribution is -0.163. The molecule has 4 N–H and O–H groups in total. The Balaban J connectivity index is 1.86. The Hall–Kier alpha value is -2.70. The van der Waals surface area contributed by atoms with E-state index in [1.807, 2.05) is 48.5 Å². The van der Waals surface area contributed by atoms with Crippen LogP contribution in [0.4, 0.5) is 0 Å². The van der Waals surface area contributed by atoms with Crippen molar-refractivity contribution in [1.29, 1.82) is 0 Å². The number of ether oxygens (including phenoxy) is 1. The van der Waals surface area contributed by atoms with E-state index in [9.17, 15) is 9.59 Å². The van der Waals surface area contributed by atoms with Gasteiger partial charge in [-0.2, -0.15) is 0 Å². The second kappa shape index (κ2) is 6.07. The molecular formula is C18H17NO5. The van der Waals surface area contributed by atoms with Crippen LogP contribution in [0.2, 0.25) is 0 Å². The minimum atomic E-state index is -2.45. The molecule has 0 unspecified atom stereocenters. The van der Waals surface area contributed by atoms with Crippen molar-refractivity contribution in [2.75, 3.05) is 13.2 Å². The van der Waals surface area contributed by atoms with Crippen LogP contribution in [0.25, 0.3) is 11.1 Å². The van der Waals surface area contributed by atoms with E-state index in [4.69, 9.17) is 20.7 Å². The van der Waals surface area contributed by atoms with Crippen molar-refractivity contribution in [2.45, 2.75) is 11.5 Å². The zero-order valence-corrected chi connectivity index (χ0v) is 12.8. The third-order valence-corrected chi connectivity index (χ3v) is 4.34. The number of carbonyl (C=O) groups excluding carboxylic acids is 1. The summed E-state index contributed by atoms with van der Waals surface area (Å²) in [4.78, 5) is 23.1. The van der Waals surface area contributed by atoms with Crippen LogP contribution in [0.3, 0.4) is 0 Å². The van der Waals surface area contributed by atoms with Crippen LogP contribution in [-0.4, -0.2) is 40.9 Å². The molecule has 1 aliphatic rings. The monoisotopic (exact) mass is 327 g/mol. The second-order valence-electron chi connectivity index (χ2n) is 5.76. The van der Waals surface area contributed by atoms with Crippen molar-refractivity contribution in [3.05, 3.63) is 59.7 Å². The van der Waals surface area contributed by atoms with Crippen LogP contribution in [-0.2, 0) is 14.3 Å². The maximum absolute atomic E-state index is 12.0. The van der Waals surface area contributed by atoms with Crippen LogP contribution >= 0.6 is 0 Å². The molecule has 0 saturated heterocycles. The Morgan fingerprint density at radius 3 is 2.00 bits per heavy atom. The van der Waals surface area contributed by atoms with E-state index >= 15 is 0 Å². The highest BCUT2D eigenvalue weighted by Crippen LogP contribution is 2.44. The minimum absolute atomic E-state index is 0.0426. The first-order valence-electron chi connectivity index (χ1n) is 7.47. The molecule has 0 aliphatic heterocycles. The molecule has 0 saturated carbocycles. The number of carboxylic acids is 1. The predicted octanol–water partition coefficient (Wildman–Crippen LogP) is 1.12. The maximum atomic E-state index is 12.0. The van der Waals surface area contributed by atoms with Gasteiger partial charge in [0.05, 0.1) is 6.61 Å². The van der Waals surface area contributed by atoms with Gasteiger partial charge in [0.25, 0.3) is 0 Å². The van der Waals surface area contributed by atoms with Crippen molar-refractivity contribution in [3.63, 3.8) is 0 Å². The van der Waals surface area contributed by atoms with E-state index in [1.165, 1.54) is 0 Å². The molecule has 0 bridgehead atoms. The molecular weight excluding hydrogens is 310 g/mol. The molecule has 1 atom stereocenters. The van der Waals surface area contributed by atoms with E-state index < -0.39 is 24.1 Å². The maximum Gasteiger partial charge on any atom is 0.340 e. The number of aliphatic hydroxyl groups is 1. The average Bonchev–Trinajstić information content (AvgIpc) is 2.92. The molecule has 2 aromatic rings. The summed E-state index contributed by atoms with van der Waals surface area (Å²) < 4.78 is 5.15. The first-order valence-corrected chi connectivity index (χ1v) is 7.47. The lowest BCUT2D eigenvalue weighted by Gasteiger charge is -2.22. The molecule has 0 radical (unpaired) electrons. The van der Waals surface area contributed by atoms with E-state index in [0.29, 0.717) is 0 Å². The summed E-state index contributed by atoms with van der Waals surface area (Å²) >= 11 is 0. The molecule has 124 valence electrons. The Bertz CT molecular complexity index is 758. The average molecular weight is 327 g/mol. The molecule has 6 nitrogen and oxygen atoms in total. The van der Waals surface area contributed by atoms with Gasteiger partial charge in [-0.15, -0.1) is 0 Å². The lowest BCUT2D eigenvalue weighted by Crippen LogP contribution is -2.58. The Kier molecular flexibility index (Phi) is 4.09. The number of aliphatic hydroxyl groups excluding tert-OH is 1. The van der Waals surface area contributed by atoms with Crippen molar-refractivity contribution >= 4 is 11.9 Å². The number of hydrogen-bond acceptors (Lipinski definition) is 5. The Morgan fingerprint density at radius 1 is 1.04 bits per heavy atom. The highest BCUT2D eigenvalue weighted by molar-refractivity contribution is 6.04. The SMILES string of the molecule is N[C@@](CO)(C(=O)O)C(=O)OCC1c2ccccc2-c2ccccc21. The molecule has 0 fully saturated rings. The van der Waals surface area contributed by atoms with Crippen molar-refractivity contribution in [2.24, 2.45) is 5.73 Å². The van der Waals surface area contributed by atoms with Crippen molar-refractivity contribution < 1.29 is 24.5 Å². The first kappa shape index (κ1) is 16.2. The quantitative estimate of drug-likeness (QED) is 0.561. The van der Waals surface area contributed by atoms with Gasteiger partial charge < -0.3 is 20.7 Å². The summed E-state index contributed by atoms with van der Waals surface area (Å²) in [6, 6.07) is 15.6. The summed E-state index contributed by atoms with van der Waals surface area (Å²) in [7, 11) is 0. The summed E-state index contributed by atoms with van der Waals surface area (Å²) in [5.41, 5.74) is 7.13. The van der Waals surface area contributed by atoms with Gasteiger partial charge in [0.1, 0.15) is 6.61 Å². The fourth-order valence-corrected chi connectivity index (χ4v) is 2.95. The number of benzene rings is 2. The summed E-state index contributed by atoms with van der Waals surface area (Å²) in [5.74, 6) is -2.97. The first-order chi connectivity index (χ1) is 11.5. The zero-order valence-electron chi connectivity index (χ0n) is 12.8. The van der Waals surface area contributed by atoms with E-state index in [0.717, 1.165) is 22.3 Å². The van der Waals surface area contributed by atoms with Crippen LogP contribution in [0, 0.1) is 0 Å². The van der Waals surface area contributed by atoms with Gasteiger partial charge in [0.15, 0.2) is 0 Å². The Labute approximate surface area is 138 Å². The number of nitrogens with two attached hydrogens (primary N) is 1. The molecule has 0 amide bonds. The normalized spacial score (nSPS) is 15.2. The molecule has 0 aromatic heterocycles. The highest BCUT2D eigenvalue weighted by Gasteiger charge is 2.44. The number of carboxylic acid groups (broad SMARTS) is 1. The lowest BCUT2D eigenvalue weighted by atomic mass is 9.97. The minimum Gasteiger partial charge on any atom is -0.479 e. The van der Waals surface area contributed by atoms with Crippen molar-refractivity contribution in [3.8, 4) is 11.1 Å². The third-order valence-electron chi connectivity index (χ3n) is 4.34. The third kappa shape index (κ3) is 2.46. The van der Waals surface area contributed by atoms with Gasteiger partial charge in [-0.25, -0.2) is 9.59 Å². The molecule has 0 heterocycles. The van der Waals surface area contributed by atoms with Crippen molar-refractivity contribution in [1.82, 2.24) is 0 Å². The van der Waals surface area contributed by atoms with Gasteiger partial charge in [-0.05, 0) is 22.3 Å². The molecule has 2 aromatic carbocycles. The van der Waals surface area contributed by atoms with Crippen LogP contribution in [0.5, 0.6) is 0 Å². The molecule has 3 rings (SSSR count). The number of esters is 1. The fraction of sp³-hybridized carbons (Fsp3) is 0.222. The molecule has 0 spiro atoms. The van der Waals surface area contributed by atoms with Gasteiger partial charge in [-0.1, -0.05) is 48.5 Å². The van der Waals surface area contributed by atoms with Crippen LogP contribution in [0.15, 0.2) is 48.5 Å². The zero-order chi connectivity index (χ0) is 17.3. The van der Waals surface area contributed by atoms with E-state index in [1.54, 1.807) is 0 Å². The standard InChI is InChI=1S/C18H17NO5/c19-18(10-20,16(21)22)17(23)24-9-15-13-7-3-1-5-11(13)12-6-2-4-8-14(12)15/h1-8,15,20H,9-10,19H2,(H,21,22)/t18-/m0/s1.